The lowest BCUT2D eigenvalue weighted by Gasteiger charge is -2.10. The molecule has 0 spiro atoms. The summed E-state index contributed by atoms with van der Waals surface area (Å²) in [7, 11) is 0. The van der Waals surface area contributed by atoms with Gasteiger partial charge in [0.1, 0.15) is 6.61 Å². The van der Waals surface area contributed by atoms with E-state index in [2.05, 4.69) is 5.16 Å². The van der Waals surface area contributed by atoms with Crippen LogP contribution in [0.15, 0.2) is 23.4 Å². The van der Waals surface area contributed by atoms with Gasteiger partial charge in [-0.05, 0) is 24.6 Å². The van der Waals surface area contributed by atoms with E-state index in [1.165, 1.54) is 12.1 Å². The van der Waals surface area contributed by atoms with Crippen LogP contribution in [0.4, 0.5) is 13.2 Å². The fraction of sp³-hybridized carbons (Fsp3) is 0.417. The minimum atomic E-state index is -4.49. The maximum atomic E-state index is 12.6. The molecule has 0 aliphatic rings. The van der Waals surface area contributed by atoms with Crippen LogP contribution in [0.3, 0.4) is 0 Å². The van der Waals surface area contributed by atoms with Crippen molar-refractivity contribution in [1.29, 1.82) is 0 Å². The van der Waals surface area contributed by atoms with E-state index in [1.54, 1.807) is 13.8 Å². The third kappa shape index (κ3) is 4.98. The van der Waals surface area contributed by atoms with Gasteiger partial charge >= 0.3 is 6.18 Å². The van der Waals surface area contributed by atoms with Crippen molar-refractivity contribution in [2.45, 2.75) is 26.6 Å². The number of oxime groups is 1. The first-order chi connectivity index (χ1) is 8.84. The first-order valence-electron chi connectivity index (χ1n) is 5.49. The van der Waals surface area contributed by atoms with Gasteiger partial charge in [-0.3, -0.25) is 0 Å². The fourth-order valence-electron chi connectivity index (χ4n) is 1.31. The molecule has 0 heterocycles. The van der Waals surface area contributed by atoms with Crippen LogP contribution in [0.1, 0.15) is 25.0 Å². The van der Waals surface area contributed by atoms with Crippen molar-refractivity contribution in [3.63, 3.8) is 0 Å². The van der Waals surface area contributed by atoms with Gasteiger partial charge in [0.2, 0.25) is 5.90 Å². The van der Waals surface area contributed by atoms with Gasteiger partial charge < -0.3 is 9.57 Å². The standard InChI is InChI=1S/C12H13ClF3NO2/c1-3-18-8(2)17-19-7-9-4-5-11(13)10(6-9)12(14,15)16/h4-6H,3,7H2,1-2H3/b17-8+. The zero-order valence-electron chi connectivity index (χ0n) is 10.4. The molecule has 1 aromatic rings. The number of hydrogen-bond acceptors (Lipinski definition) is 3. The summed E-state index contributed by atoms with van der Waals surface area (Å²) in [6, 6.07) is 3.57. The first-order valence-corrected chi connectivity index (χ1v) is 5.87. The van der Waals surface area contributed by atoms with Gasteiger partial charge in [0.25, 0.3) is 0 Å². The molecule has 0 atom stereocenters. The molecule has 0 aliphatic heterocycles. The molecule has 3 nitrogen and oxygen atoms in total. The van der Waals surface area contributed by atoms with E-state index < -0.39 is 11.7 Å². The molecule has 0 aliphatic carbocycles. The zero-order valence-corrected chi connectivity index (χ0v) is 11.2. The second kappa shape index (κ2) is 6.65. The highest BCUT2D eigenvalue weighted by Gasteiger charge is 2.33. The van der Waals surface area contributed by atoms with E-state index in [4.69, 9.17) is 21.2 Å². The van der Waals surface area contributed by atoms with Gasteiger partial charge in [0.05, 0.1) is 17.2 Å². The number of hydrogen-bond donors (Lipinski definition) is 0. The van der Waals surface area contributed by atoms with E-state index in [1.807, 2.05) is 0 Å². The summed E-state index contributed by atoms with van der Waals surface area (Å²) in [6.07, 6.45) is -4.49. The predicted octanol–water partition coefficient (Wildman–Crippen LogP) is 4.25. The second-order valence-corrected chi connectivity index (χ2v) is 4.04. The van der Waals surface area contributed by atoms with Gasteiger partial charge in [0.15, 0.2) is 0 Å². The van der Waals surface area contributed by atoms with Crippen molar-refractivity contribution in [2.24, 2.45) is 5.16 Å². The van der Waals surface area contributed by atoms with Gasteiger partial charge in [-0.2, -0.15) is 13.2 Å². The van der Waals surface area contributed by atoms with Crippen molar-refractivity contribution < 1.29 is 22.7 Å². The molecule has 0 saturated carbocycles. The Labute approximate surface area is 113 Å². The molecule has 1 aromatic carbocycles. The van der Waals surface area contributed by atoms with Crippen LogP contribution in [0, 0.1) is 0 Å². The Morgan fingerprint density at radius 3 is 2.63 bits per heavy atom. The van der Waals surface area contributed by atoms with Crippen LogP contribution in [-0.2, 0) is 22.4 Å². The molecular weight excluding hydrogens is 283 g/mol. The Morgan fingerprint density at radius 1 is 1.37 bits per heavy atom. The molecule has 0 aromatic heterocycles. The van der Waals surface area contributed by atoms with Gasteiger partial charge in [-0.1, -0.05) is 22.8 Å². The Kier molecular flexibility index (Phi) is 5.47. The van der Waals surface area contributed by atoms with Crippen molar-refractivity contribution >= 4 is 17.5 Å². The van der Waals surface area contributed by atoms with Crippen LogP contribution in [0.5, 0.6) is 0 Å². The number of alkyl halides is 3. The number of ether oxygens (including phenoxy) is 1. The molecule has 19 heavy (non-hydrogen) atoms. The van der Waals surface area contributed by atoms with Crippen molar-refractivity contribution in [1.82, 2.24) is 0 Å². The van der Waals surface area contributed by atoms with E-state index in [-0.39, 0.29) is 11.6 Å². The molecule has 0 saturated heterocycles. The summed E-state index contributed by atoms with van der Waals surface area (Å²) in [5.41, 5.74) is -0.564. The monoisotopic (exact) mass is 295 g/mol. The Hall–Kier alpha value is -1.43. The van der Waals surface area contributed by atoms with Crippen molar-refractivity contribution in [3.8, 4) is 0 Å². The summed E-state index contributed by atoms with van der Waals surface area (Å²) < 4.78 is 42.8. The molecule has 1 rings (SSSR count). The molecule has 0 bridgehead atoms. The fourth-order valence-corrected chi connectivity index (χ4v) is 1.54. The molecule has 0 unspecified atom stereocenters. The number of benzene rings is 1. The summed E-state index contributed by atoms with van der Waals surface area (Å²) in [5, 5.41) is 3.26. The van der Waals surface area contributed by atoms with E-state index in [9.17, 15) is 13.2 Å². The van der Waals surface area contributed by atoms with E-state index >= 15 is 0 Å². The summed E-state index contributed by atoms with van der Waals surface area (Å²) in [4.78, 5) is 4.89. The van der Waals surface area contributed by atoms with Gasteiger partial charge in [-0.25, -0.2) is 0 Å². The SMILES string of the molecule is CCO/C(C)=N/OCc1ccc(Cl)c(C(F)(F)F)c1. The average Bonchev–Trinajstić information content (AvgIpc) is 2.30. The van der Waals surface area contributed by atoms with Gasteiger partial charge in [0, 0.05) is 6.92 Å². The highest BCUT2D eigenvalue weighted by molar-refractivity contribution is 6.31. The Morgan fingerprint density at radius 2 is 2.05 bits per heavy atom. The minimum Gasteiger partial charge on any atom is -0.479 e. The number of halogens is 4. The van der Waals surface area contributed by atoms with Gasteiger partial charge in [-0.15, -0.1) is 0 Å². The molecule has 0 N–H and O–H groups in total. The molecule has 106 valence electrons. The molecule has 0 fully saturated rings. The lowest BCUT2D eigenvalue weighted by atomic mass is 10.1. The van der Waals surface area contributed by atoms with Crippen LogP contribution >= 0.6 is 11.6 Å². The Balaban J connectivity index is 2.73. The van der Waals surface area contributed by atoms with Crippen LogP contribution in [0.25, 0.3) is 0 Å². The van der Waals surface area contributed by atoms with Crippen LogP contribution in [0.2, 0.25) is 5.02 Å². The lowest BCUT2D eigenvalue weighted by Crippen LogP contribution is -2.07. The van der Waals surface area contributed by atoms with E-state index in [0.29, 0.717) is 18.1 Å². The summed E-state index contributed by atoms with van der Waals surface area (Å²) >= 11 is 5.50. The highest BCUT2D eigenvalue weighted by Crippen LogP contribution is 2.35. The summed E-state index contributed by atoms with van der Waals surface area (Å²) in [5.74, 6) is 0.313. The van der Waals surface area contributed by atoms with E-state index in [0.717, 1.165) is 6.07 Å². The lowest BCUT2D eigenvalue weighted by molar-refractivity contribution is -0.137. The quantitative estimate of drug-likeness (QED) is 0.472. The number of rotatable bonds is 4. The second-order valence-electron chi connectivity index (χ2n) is 3.63. The van der Waals surface area contributed by atoms with Crippen molar-refractivity contribution in [2.75, 3.05) is 6.61 Å². The van der Waals surface area contributed by atoms with Crippen LogP contribution in [-0.4, -0.2) is 12.5 Å². The third-order valence-electron chi connectivity index (χ3n) is 2.11. The zero-order chi connectivity index (χ0) is 14.5. The molecule has 0 amide bonds. The maximum Gasteiger partial charge on any atom is 0.417 e. The molecule has 0 radical (unpaired) electrons. The predicted molar refractivity (Wildman–Crippen MR) is 66.0 cm³/mol. The normalized spacial score (nSPS) is 12.4. The first kappa shape index (κ1) is 15.6. The summed E-state index contributed by atoms with van der Waals surface area (Å²) in [6.45, 7) is 3.73. The maximum absolute atomic E-state index is 12.6. The smallest absolute Gasteiger partial charge is 0.417 e. The minimum absolute atomic E-state index is 0.0926. The Bertz CT molecular complexity index is 461. The van der Waals surface area contributed by atoms with Crippen molar-refractivity contribution in [3.05, 3.63) is 34.3 Å². The molecule has 7 heteroatoms. The van der Waals surface area contributed by atoms with Crippen LogP contribution < -0.4 is 0 Å². The highest BCUT2D eigenvalue weighted by atomic mass is 35.5. The average molecular weight is 296 g/mol. The topological polar surface area (TPSA) is 30.8 Å². The number of nitrogens with zero attached hydrogens (tertiary/aromatic N) is 1. The molecular formula is C12H13ClF3NO2. The third-order valence-corrected chi connectivity index (χ3v) is 2.44. The largest absolute Gasteiger partial charge is 0.479 e.